The zero-order valence-electron chi connectivity index (χ0n) is 13.2. The Hall–Kier alpha value is -3.54. The van der Waals surface area contributed by atoms with Gasteiger partial charge in [0.25, 0.3) is 5.91 Å². The lowest BCUT2D eigenvalue weighted by atomic mass is 10.1. The molecule has 6 heteroatoms. The Morgan fingerprint density at radius 3 is 2.12 bits per heavy atom. The molecule has 0 unspecified atom stereocenters. The third-order valence-electron chi connectivity index (χ3n) is 3.47. The Labute approximate surface area is 144 Å². The number of phenolic OH excluding ortho intramolecular Hbond substituents is 1. The van der Waals surface area contributed by atoms with Gasteiger partial charge in [-0.25, -0.2) is 0 Å². The monoisotopic (exact) mass is 336 g/mol. The molecule has 0 atom stereocenters. The fraction of sp³-hybridized carbons (Fsp3) is 0.0526. The van der Waals surface area contributed by atoms with Crippen molar-refractivity contribution in [1.82, 2.24) is 0 Å². The van der Waals surface area contributed by atoms with E-state index >= 15 is 0 Å². The molecule has 0 saturated carbocycles. The summed E-state index contributed by atoms with van der Waals surface area (Å²) in [6, 6.07) is 16.5. The van der Waals surface area contributed by atoms with E-state index in [2.05, 4.69) is 10.6 Å². The zero-order valence-corrected chi connectivity index (χ0v) is 13.2. The number of nitrogens with one attached hydrogen (secondary N) is 2. The standard InChI is InChI=1S/C19H16N2O4/c22-16-9-3-13(4-10-16)12-18(23)20-14-5-7-15(8-6-14)21-19(24)17-2-1-11-25-17/h1-11,22H,12H2,(H,20,23)(H,21,24). The van der Waals surface area contributed by atoms with Gasteiger partial charge < -0.3 is 20.2 Å². The average molecular weight is 336 g/mol. The molecular formula is C19H16N2O4. The molecule has 1 heterocycles. The van der Waals surface area contributed by atoms with Gasteiger partial charge in [0.05, 0.1) is 12.7 Å². The van der Waals surface area contributed by atoms with Gasteiger partial charge in [-0.1, -0.05) is 12.1 Å². The van der Waals surface area contributed by atoms with E-state index < -0.39 is 0 Å². The molecule has 126 valence electrons. The van der Waals surface area contributed by atoms with Crippen molar-refractivity contribution in [2.24, 2.45) is 0 Å². The minimum absolute atomic E-state index is 0.163. The van der Waals surface area contributed by atoms with E-state index in [1.54, 1.807) is 60.7 Å². The summed E-state index contributed by atoms with van der Waals surface area (Å²) in [6.07, 6.45) is 1.64. The molecule has 0 saturated heterocycles. The SMILES string of the molecule is O=C(Cc1ccc(O)cc1)Nc1ccc(NC(=O)c2ccco2)cc1. The van der Waals surface area contributed by atoms with Crippen LogP contribution in [0.4, 0.5) is 11.4 Å². The molecule has 1 aromatic heterocycles. The highest BCUT2D eigenvalue weighted by Gasteiger charge is 2.09. The second-order valence-corrected chi connectivity index (χ2v) is 5.40. The Balaban J connectivity index is 1.56. The molecule has 3 N–H and O–H groups in total. The lowest BCUT2D eigenvalue weighted by Crippen LogP contribution is -2.14. The Morgan fingerprint density at radius 2 is 1.52 bits per heavy atom. The molecule has 0 bridgehead atoms. The van der Waals surface area contributed by atoms with Gasteiger partial charge in [0.2, 0.25) is 5.91 Å². The largest absolute Gasteiger partial charge is 0.508 e. The summed E-state index contributed by atoms with van der Waals surface area (Å²) < 4.78 is 5.02. The van der Waals surface area contributed by atoms with Gasteiger partial charge in [-0.15, -0.1) is 0 Å². The second kappa shape index (κ2) is 7.35. The van der Waals surface area contributed by atoms with E-state index in [0.29, 0.717) is 11.4 Å². The van der Waals surface area contributed by atoms with Gasteiger partial charge in [0.15, 0.2) is 5.76 Å². The number of hydrogen-bond acceptors (Lipinski definition) is 4. The van der Waals surface area contributed by atoms with Gasteiger partial charge in [0.1, 0.15) is 5.75 Å². The number of amides is 2. The first-order valence-electron chi connectivity index (χ1n) is 7.63. The summed E-state index contributed by atoms with van der Waals surface area (Å²) in [4.78, 5) is 23.9. The minimum atomic E-state index is -0.339. The van der Waals surface area contributed by atoms with Gasteiger partial charge in [-0.2, -0.15) is 0 Å². The third kappa shape index (κ3) is 4.48. The lowest BCUT2D eigenvalue weighted by Gasteiger charge is -2.07. The van der Waals surface area contributed by atoms with Crippen molar-refractivity contribution in [3.05, 3.63) is 78.3 Å². The van der Waals surface area contributed by atoms with Crippen LogP contribution in [0, 0.1) is 0 Å². The fourth-order valence-electron chi connectivity index (χ4n) is 2.24. The Morgan fingerprint density at radius 1 is 0.880 bits per heavy atom. The van der Waals surface area contributed by atoms with E-state index in [0.717, 1.165) is 5.56 Å². The van der Waals surface area contributed by atoms with Crippen LogP contribution in [-0.4, -0.2) is 16.9 Å². The summed E-state index contributed by atoms with van der Waals surface area (Å²) in [5.74, 6) is -0.116. The first-order valence-corrected chi connectivity index (χ1v) is 7.63. The maximum atomic E-state index is 12.0. The highest BCUT2D eigenvalue weighted by Crippen LogP contribution is 2.16. The number of aromatic hydroxyl groups is 1. The molecule has 0 fully saturated rings. The van der Waals surface area contributed by atoms with Crippen LogP contribution in [0.3, 0.4) is 0 Å². The second-order valence-electron chi connectivity index (χ2n) is 5.40. The number of carbonyl (C=O) groups excluding carboxylic acids is 2. The van der Waals surface area contributed by atoms with E-state index in [1.165, 1.54) is 6.26 Å². The third-order valence-corrected chi connectivity index (χ3v) is 3.47. The zero-order chi connectivity index (χ0) is 17.6. The summed E-state index contributed by atoms with van der Waals surface area (Å²) in [5.41, 5.74) is 2.02. The maximum absolute atomic E-state index is 12.0. The highest BCUT2D eigenvalue weighted by atomic mass is 16.3. The van der Waals surface area contributed by atoms with Crippen LogP contribution in [0.2, 0.25) is 0 Å². The van der Waals surface area contributed by atoms with Crippen LogP contribution in [0.15, 0.2) is 71.3 Å². The molecule has 6 nitrogen and oxygen atoms in total. The minimum Gasteiger partial charge on any atom is -0.508 e. The summed E-state index contributed by atoms with van der Waals surface area (Å²) in [5, 5.41) is 14.7. The number of carbonyl (C=O) groups is 2. The van der Waals surface area contributed by atoms with Crippen LogP contribution in [0.25, 0.3) is 0 Å². The molecule has 0 aliphatic heterocycles. The molecule has 3 rings (SSSR count). The summed E-state index contributed by atoms with van der Waals surface area (Å²) in [7, 11) is 0. The topological polar surface area (TPSA) is 91.6 Å². The Kier molecular flexibility index (Phi) is 4.80. The quantitative estimate of drug-likeness (QED) is 0.666. The van der Waals surface area contributed by atoms with Crippen molar-refractivity contribution in [1.29, 1.82) is 0 Å². The molecular weight excluding hydrogens is 320 g/mol. The Bertz CT molecular complexity index is 853. The first-order chi connectivity index (χ1) is 12.1. The average Bonchev–Trinajstić information content (AvgIpc) is 3.13. The van der Waals surface area contributed by atoms with Crippen molar-refractivity contribution in [2.75, 3.05) is 10.6 Å². The molecule has 2 amide bonds. The molecule has 2 aromatic carbocycles. The number of hydrogen-bond donors (Lipinski definition) is 3. The van der Waals surface area contributed by atoms with E-state index in [1.807, 2.05) is 0 Å². The van der Waals surface area contributed by atoms with E-state index in [-0.39, 0.29) is 29.7 Å². The van der Waals surface area contributed by atoms with Crippen molar-refractivity contribution < 1.29 is 19.1 Å². The molecule has 25 heavy (non-hydrogen) atoms. The predicted molar refractivity (Wildman–Crippen MR) is 93.5 cm³/mol. The number of benzene rings is 2. The summed E-state index contributed by atoms with van der Waals surface area (Å²) >= 11 is 0. The van der Waals surface area contributed by atoms with Crippen LogP contribution >= 0.6 is 0 Å². The normalized spacial score (nSPS) is 10.2. The lowest BCUT2D eigenvalue weighted by molar-refractivity contribution is -0.115. The van der Waals surface area contributed by atoms with Crippen molar-refractivity contribution >= 4 is 23.2 Å². The van der Waals surface area contributed by atoms with Crippen LogP contribution in [0.1, 0.15) is 16.1 Å². The predicted octanol–water partition coefficient (Wildman–Crippen LogP) is 3.42. The van der Waals surface area contributed by atoms with Crippen LogP contribution in [0.5, 0.6) is 5.75 Å². The smallest absolute Gasteiger partial charge is 0.291 e. The fourth-order valence-corrected chi connectivity index (χ4v) is 2.24. The molecule has 0 radical (unpaired) electrons. The number of anilines is 2. The van der Waals surface area contributed by atoms with Gasteiger partial charge >= 0.3 is 0 Å². The maximum Gasteiger partial charge on any atom is 0.291 e. The molecule has 0 spiro atoms. The molecule has 0 aliphatic carbocycles. The van der Waals surface area contributed by atoms with E-state index in [9.17, 15) is 14.7 Å². The molecule has 0 aliphatic rings. The highest BCUT2D eigenvalue weighted by molar-refractivity contribution is 6.02. The van der Waals surface area contributed by atoms with Crippen molar-refractivity contribution in [3.8, 4) is 5.75 Å². The van der Waals surface area contributed by atoms with Crippen LogP contribution in [-0.2, 0) is 11.2 Å². The van der Waals surface area contributed by atoms with Gasteiger partial charge in [0, 0.05) is 11.4 Å². The van der Waals surface area contributed by atoms with Crippen molar-refractivity contribution in [3.63, 3.8) is 0 Å². The van der Waals surface area contributed by atoms with Gasteiger partial charge in [-0.05, 0) is 54.1 Å². The molecule has 3 aromatic rings. The number of phenols is 1. The number of rotatable bonds is 5. The van der Waals surface area contributed by atoms with E-state index in [4.69, 9.17) is 4.42 Å². The number of furan rings is 1. The summed E-state index contributed by atoms with van der Waals surface area (Å²) in [6.45, 7) is 0. The van der Waals surface area contributed by atoms with Crippen molar-refractivity contribution in [2.45, 2.75) is 6.42 Å². The first kappa shape index (κ1) is 16.3. The van der Waals surface area contributed by atoms with Crippen LogP contribution < -0.4 is 10.6 Å². The van der Waals surface area contributed by atoms with Gasteiger partial charge in [-0.3, -0.25) is 9.59 Å².